The van der Waals surface area contributed by atoms with E-state index in [0.29, 0.717) is 17.5 Å². The van der Waals surface area contributed by atoms with Gasteiger partial charge < -0.3 is 9.84 Å². The molecule has 0 bridgehead atoms. The van der Waals surface area contributed by atoms with Gasteiger partial charge in [0.25, 0.3) is 0 Å². The Morgan fingerprint density at radius 2 is 2.21 bits per heavy atom. The van der Waals surface area contributed by atoms with Crippen LogP contribution in [0.2, 0.25) is 0 Å². The van der Waals surface area contributed by atoms with Crippen LogP contribution in [0.3, 0.4) is 0 Å². The third-order valence-electron chi connectivity index (χ3n) is 3.20. The van der Waals surface area contributed by atoms with Crippen LogP contribution < -0.4 is 5.32 Å². The van der Waals surface area contributed by atoms with Crippen molar-refractivity contribution in [1.29, 1.82) is 0 Å². The van der Waals surface area contributed by atoms with Crippen molar-refractivity contribution in [3.8, 4) is 11.6 Å². The molecule has 0 spiro atoms. The summed E-state index contributed by atoms with van der Waals surface area (Å²) in [7, 11) is 0. The Morgan fingerprint density at radius 1 is 1.26 bits per heavy atom. The maximum Gasteiger partial charge on any atom is 0.239 e. The van der Waals surface area contributed by atoms with E-state index in [-0.39, 0.29) is 5.92 Å². The van der Waals surface area contributed by atoms with Gasteiger partial charge in [-0.05, 0) is 11.6 Å². The Morgan fingerprint density at radius 3 is 3.11 bits per heavy atom. The number of aromatic nitrogens is 5. The molecule has 2 N–H and O–H groups in total. The summed E-state index contributed by atoms with van der Waals surface area (Å²) in [6, 6.07) is 8.12. The number of rotatable bonds is 2. The monoisotopic (exact) mass is 254 g/mol. The van der Waals surface area contributed by atoms with Crippen LogP contribution in [0.25, 0.3) is 11.6 Å². The average Bonchev–Trinajstić information content (AvgIpc) is 3.18. The summed E-state index contributed by atoms with van der Waals surface area (Å²) in [6.07, 6.45) is 1.41. The highest BCUT2D eigenvalue weighted by molar-refractivity contribution is 5.59. The molecule has 1 aromatic carbocycles. The van der Waals surface area contributed by atoms with Crippen LogP contribution >= 0.6 is 0 Å². The van der Waals surface area contributed by atoms with Crippen molar-refractivity contribution >= 4 is 5.69 Å². The number of H-pyrrole nitrogens is 1. The van der Waals surface area contributed by atoms with Crippen LogP contribution in [0.4, 0.5) is 5.69 Å². The predicted molar refractivity (Wildman–Crippen MR) is 66.4 cm³/mol. The van der Waals surface area contributed by atoms with Crippen LogP contribution in [-0.4, -0.2) is 31.9 Å². The van der Waals surface area contributed by atoms with Gasteiger partial charge in [-0.25, -0.2) is 4.98 Å². The number of benzene rings is 1. The summed E-state index contributed by atoms with van der Waals surface area (Å²) >= 11 is 0. The lowest BCUT2D eigenvalue weighted by molar-refractivity contribution is 0.370. The van der Waals surface area contributed by atoms with Gasteiger partial charge in [0.1, 0.15) is 6.33 Å². The van der Waals surface area contributed by atoms with Gasteiger partial charge in [-0.15, -0.1) is 0 Å². The van der Waals surface area contributed by atoms with Crippen molar-refractivity contribution in [1.82, 2.24) is 25.3 Å². The van der Waals surface area contributed by atoms with Gasteiger partial charge in [0.05, 0.1) is 5.92 Å². The molecule has 0 amide bonds. The number of nitrogens with one attached hydrogen (secondary N) is 2. The minimum atomic E-state index is 0.0837. The van der Waals surface area contributed by atoms with E-state index in [1.165, 1.54) is 11.9 Å². The van der Waals surface area contributed by atoms with Gasteiger partial charge in [0.2, 0.25) is 11.7 Å². The number of fused-ring (bicyclic) bond motifs is 1. The highest BCUT2D eigenvalue weighted by Gasteiger charge is 2.28. The van der Waals surface area contributed by atoms with Crippen molar-refractivity contribution in [2.45, 2.75) is 5.92 Å². The molecule has 1 unspecified atom stereocenters. The van der Waals surface area contributed by atoms with E-state index >= 15 is 0 Å². The first-order valence-corrected chi connectivity index (χ1v) is 5.94. The quantitative estimate of drug-likeness (QED) is 0.718. The first kappa shape index (κ1) is 10.2. The van der Waals surface area contributed by atoms with E-state index < -0.39 is 0 Å². The molecule has 1 atom stereocenters. The van der Waals surface area contributed by atoms with Crippen molar-refractivity contribution in [3.63, 3.8) is 0 Å². The average molecular weight is 254 g/mol. The molecule has 1 aliphatic heterocycles. The maximum atomic E-state index is 5.34. The second kappa shape index (κ2) is 3.91. The molecule has 0 fully saturated rings. The summed E-state index contributed by atoms with van der Waals surface area (Å²) in [5.74, 6) is 1.61. The standard InChI is InChI=1S/C12H10N6O/c1-2-4-9-7(3-1)8(5-13-9)12-16-11(18-19-12)10-14-6-15-17-10/h1-4,6,8,13H,5H2,(H,14,15,17). The molecule has 19 heavy (non-hydrogen) atoms. The van der Waals surface area contributed by atoms with Gasteiger partial charge in [-0.3, -0.25) is 5.10 Å². The summed E-state index contributed by atoms with van der Waals surface area (Å²) < 4.78 is 5.34. The number of hydrogen-bond donors (Lipinski definition) is 2. The smallest absolute Gasteiger partial charge is 0.239 e. The first-order valence-electron chi connectivity index (χ1n) is 5.94. The molecule has 2 aromatic heterocycles. The summed E-state index contributed by atoms with van der Waals surface area (Å²) in [5, 5.41) is 13.7. The van der Waals surface area contributed by atoms with Gasteiger partial charge in [-0.1, -0.05) is 23.4 Å². The van der Waals surface area contributed by atoms with Crippen LogP contribution in [-0.2, 0) is 0 Å². The Bertz CT molecular complexity index is 705. The van der Waals surface area contributed by atoms with E-state index in [1.807, 2.05) is 18.2 Å². The van der Waals surface area contributed by atoms with E-state index in [9.17, 15) is 0 Å². The lowest BCUT2D eigenvalue weighted by atomic mass is 10.0. The molecule has 4 rings (SSSR count). The van der Waals surface area contributed by atoms with Crippen LogP contribution in [0.15, 0.2) is 35.1 Å². The molecular weight excluding hydrogens is 244 g/mol. The number of aromatic amines is 1. The molecule has 3 aromatic rings. The second-order valence-electron chi connectivity index (χ2n) is 4.31. The summed E-state index contributed by atoms with van der Waals surface area (Å²) in [6.45, 7) is 0.761. The Labute approximate surface area is 108 Å². The topological polar surface area (TPSA) is 92.5 Å². The zero-order valence-corrected chi connectivity index (χ0v) is 9.87. The zero-order chi connectivity index (χ0) is 12.7. The van der Waals surface area contributed by atoms with Gasteiger partial charge in [0, 0.05) is 12.2 Å². The third kappa shape index (κ3) is 1.59. The van der Waals surface area contributed by atoms with E-state index in [0.717, 1.165) is 12.2 Å². The fourth-order valence-corrected chi connectivity index (χ4v) is 2.29. The molecule has 94 valence electrons. The van der Waals surface area contributed by atoms with Crippen molar-refractivity contribution in [2.24, 2.45) is 0 Å². The van der Waals surface area contributed by atoms with E-state index in [2.05, 4.69) is 36.7 Å². The number of hydrogen-bond acceptors (Lipinski definition) is 6. The van der Waals surface area contributed by atoms with Crippen LogP contribution in [0.1, 0.15) is 17.4 Å². The van der Waals surface area contributed by atoms with Crippen LogP contribution in [0.5, 0.6) is 0 Å². The predicted octanol–water partition coefficient (Wildman–Crippen LogP) is 1.41. The highest BCUT2D eigenvalue weighted by atomic mass is 16.5. The third-order valence-corrected chi connectivity index (χ3v) is 3.20. The molecule has 1 aliphatic rings. The lowest BCUT2D eigenvalue weighted by Gasteiger charge is -2.02. The zero-order valence-electron chi connectivity index (χ0n) is 9.87. The fourth-order valence-electron chi connectivity index (χ4n) is 2.29. The largest absolute Gasteiger partial charge is 0.384 e. The molecule has 7 heteroatoms. The summed E-state index contributed by atoms with van der Waals surface area (Å²) in [5.41, 5.74) is 2.29. The highest BCUT2D eigenvalue weighted by Crippen LogP contribution is 2.35. The fraction of sp³-hybridized carbons (Fsp3) is 0.167. The second-order valence-corrected chi connectivity index (χ2v) is 4.31. The molecule has 0 radical (unpaired) electrons. The molecular formula is C12H10N6O. The van der Waals surface area contributed by atoms with Gasteiger partial charge in [0.15, 0.2) is 5.82 Å². The van der Waals surface area contributed by atoms with Gasteiger partial charge in [-0.2, -0.15) is 10.1 Å². The van der Waals surface area contributed by atoms with Crippen LogP contribution in [0, 0.1) is 0 Å². The molecule has 7 nitrogen and oxygen atoms in total. The lowest BCUT2D eigenvalue weighted by Crippen LogP contribution is -2.04. The molecule has 0 saturated carbocycles. The SMILES string of the molecule is c1ccc2c(c1)NCC2c1nc(-c2ncn[nH]2)no1. The number of nitrogens with zero attached hydrogens (tertiary/aromatic N) is 4. The van der Waals surface area contributed by atoms with Crippen molar-refractivity contribution < 1.29 is 4.52 Å². The Hall–Kier alpha value is -2.70. The Kier molecular flexibility index (Phi) is 2.11. The van der Waals surface area contributed by atoms with E-state index in [1.54, 1.807) is 0 Å². The summed E-state index contributed by atoms with van der Waals surface area (Å²) in [4.78, 5) is 8.39. The van der Waals surface area contributed by atoms with Crippen molar-refractivity contribution in [3.05, 3.63) is 42.0 Å². The molecule has 0 aliphatic carbocycles. The maximum absolute atomic E-state index is 5.34. The number of anilines is 1. The number of para-hydroxylation sites is 1. The van der Waals surface area contributed by atoms with Crippen molar-refractivity contribution in [2.75, 3.05) is 11.9 Å². The molecule has 3 heterocycles. The Balaban J connectivity index is 1.71. The van der Waals surface area contributed by atoms with Gasteiger partial charge >= 0.3 is 0 Å². The normalized spacial score (nSPS) is 17.2. The molecule has 0 saturated heterocycles. The first-order chi connectivity index (χ1) is 9.42. The minimum Gasteiger partial charge on any atom is -0.384 e. The van der Waals surface area contributed by atoms with E-state index in [4.69, 9.17) is 4.52 Å². The minimum absolute atomic E-state index is 0.0837.